The summed E-state index contributed by atoms with van der Waals surface area (Å²) in [7, 11) is 0. The molecule has 33 heavy (non-hydrogen) atoms. The minimum Gasteiger partial charge on any atom is -0.484 e. The van der Waals surface area contributed by atoms with E-state index in [0.717, 1.165) is 36.9 Å². The van der Waals surface area contributed by atoms with E-state index in [4.69, 9.17) is 10.5 Å². The number of hydrogen-bond donors (Lipinski definition) is 3. The van der Waals surface area contributed by atoms with Crippen LogP contribution in [-0.2, 0) is 16.1 Å². The maximum atomic E-state index is 13.0. The minimum absolute atomic E-state index is 0.0460. The molecule has 3 rings (SSSR count). The molecule has 0 aromatic heterocycles. The molecule has 1 aromatic rings. The highest BCUT2D eigenvalue weighted by Crippen LogP contribution is 2.30. The number of carbonyl (C=O) groups is 2. The number of benzene rings is 1. The number of nitrogens with one attached hydrogen (secondary N) is 1. The van der Waals surface area contributed by atoms with Crippen LogP contribution >= 0.6 is 0 Å². The zero-order chi connectivity index (χ0) is 24.0. The highest BCUT2D eigenvalue weighted by molar-refractivity contribution is 5.88. The van der Waals surface area contributed by atoms with E-state index < -0.39 is 6.23 Å². The number of nitrogens with zero attached hydrogens (tertiary/aromatic N) is 3. The van der Waals surface area contributed by atoms with Gasteiger partial charge in [-0.05, 0) is 51.3 Å². The van der Waals surface area contributed by atoms with E-state index in [1.807, 2.05) is 26.8 Å². The van der Waals surface area contributed by atoms with Crippen molar-refractivity contribution in [2.75, 3.05) is 13.2 Å². The van der Waals surface area contributed by atoms with Gasteiger partial charge < -0.3 is 30.7 Å². The van der Waals surface area contributed by atoms with Crippen molar-refractivity contribution in [3.05, 3.63) is 23.8 Å². The summed E-state index contributed by atoms with van der Waals surface area (Å²) in [6, 6.07) is 5.49. The molecule has 9 nitrogen and oxygen atoms in total. The Morgan fingerprint density at radius 1 is 1.30 bits per heavy atom. The minimum atomic E-state index is -0.796. The Balaban J connectivity index is 1.64. The van der Waals surface area contributed by atoms with Gasteiger partial charge in [-0.1, -0.05) is 26.2 Å². The average Bonchev–Trinajstić information content (AvgIpc) is 2.78. The fourth-order valence-electron chi connectivity index (χ4n) is 4.43. The fraction of sp³-hybridized carbons (Fsp3) is 0.625. The van der Waals surface area contributed by atoms with Crippen molar-refractivity contribution >= 4 is 23.5 Å². The normalized spacial score (nSPS) is 17.2. The van der Waals surface area contributed by atoms with Crippen LogP contribution in [0, 0.1) is 0 Å². The monoisotopic (exact) mass is 459 g/mol. The molecule has 0 radical (unpaired) electrons. The third-order valence-electron chi connectivity index (χ3n) is 6.06. The summed E-state index contributed by atoms with van der Waals surface area (Å²) in [5.41, 5.74) is 7.63. The summed E-state index contributed by atoms with van der Waals surface area (Å²) in [6.45, 7) is 6.07. The van der Waals surface area contributed by atoms with Crippen LogP contribution in [-0.4, -0.2) is 64.1 Å². The van der Waals surface area contributed by atoms with Crippen LogP contribution in [0.2, 0.25) is 0 Å². The molecule has 0 spiro atoms. The highest BCUT2D eigenvalue weighted by atomic mass is 16.5. The highest BCUT2D eigenvalue weighted by Gasteiger charge is 2.30. The second-order valence-electron chi connectivity index (χ2n) is 9.11. The molecular formula is C24H37N5O4. The van der Waals surface area contributed by atoms with Gasteiger partial charge >= 0.3 is 0 Å². The molecule has 1 saturated carbocycles. The number of aliphatic hydroxyl groups is 1. The number of ether oxygens (including phenoxy) is 1. The van der Waals surface area contributed by atoms with Crippen molar-refractivity contribution in [2.45, 2.75) is 84.2 Å². The van der Waals surface area contributed by atoms with Gasteiger partial charge in [-0.15, -0.1) is 0 Å². The predicted molar refractivity (Wildman–Crippen MR) is 127 cm³/mol. The summed E-state index contributed by atoms with van der Waals surface area (Å²) in [6.07, 6.45) is 4.85. The van der Waals surface area contributed by atoms with Gasteiger partial charge in [-0.3, -0.25) is 9.59 Å². The molecule has 1 atom stereocenters. The lowest BCUT2D eigenvalue weighted by Crippen LogP contribution is -2.49. The van der Waals surface area contributed by atoms with Crippen molar-refractivity contribution < 1.29 is 19.4 Å². The van der Waals surface area contributed by atoms with Gasteiger partial charge in [0.25, 0.3) is 5.91 Å². The molecule has 0 bridgehead atoms. The first-order valence-corrected chi connectivity index (χ1v) is 11.9. The van der Waals surface area contributed by atoms with Crippen LogP contribution in [0.4, 0.5) is 5.69 Å². The standard InChI is InChI=1S/C24H37N5O4/c1-4-22(31)29(18-8-6-5-7-9-18)23(32)15-33-19-10-11-20-17(12-19)13-28(24(25)27-20)14-21(30)26-16(2)3/h10-12,16,18,22,31H,4-9,13-15H2,1-3H3,(H2,25,27)(H,26,30). The van der Waals surface area contributed by atoms with Crippen molar-refractivity contribution in [3.63, 3.8) is 0 Å². The number of rotatable bonds is 9. The molecule has 1 aromatic carbocycles. The molecule has 2 amide bonds. The van der Waals surface area contributed by atoms with Crippen LogP contribution in [0.25, 0.3) is 0 Å². The Morgan fingerprint density at radius 2 is 2.03 bits per heavy atom. The van der Waals surface area contributed by atoms with Crippen LogP contribution in [0.3, 0.4) is 0 Å². The number of amides is 2. The molecular weight excluding hydrogens is 422 g/mol. The zero-order valence-electron chi connectivity index (χ0n) is 19.9. The third-order valence-corrected chi connectivity index (χ3v) is 6.06. The zero-order valence-corrected chi connectivity index (χ0v) is 19.9. The number of aliphatic imine (C=N–C) groups is 1. The molecule has 1 fully saturated rings. The van der Waals surface area contributed by atoms with E-state index in [1.54, 1.807) is 21.9 Å². The van der Waals surface area contributed by atoms with Crippen molar-refractivity contribution in [2.24, 2.45) is 10.7 Å². The first-order chi connectivity index (χ1) is 15.8. The van der Waals surface area contributed by atoms with Gasteiger partial charge in [0.2, 0.25) is 5.91 Å². The van der Waals surface area contributed by atoms with Crippen molar-refractivity contribution in [1.82, 2.24) is 15.1 Å². The number of hydrogen-bond acceptors (Lipinski definition) is 7. The molecule has 2 aliphatic rings. The maximum Gasteiger partial charge on any atom is 0.262 e. The van der Waals surface area contributed by atoms with Crippen LogP contribution in [0.15, 0.2) is 23.2 Å². The van der Waals surface area contributed by atoms with Crippen molar-refractivity contribution in [1.29, 1.82) is 0 Å². The SMILES string of the molecule is CCC(O)N(C(=O)COc1ccc2c(c1)CN(CC(=O)NC(C)C)C(N)=N2)C1CCCCC1. The third kappa shape index (κ3) is 6.60. The van der Waals surface area contributed by atoms with Gasteiger partial charge in [-0.2, -0.15) is 0 Å². The van der Waals surface area contributed by atoms with Gasteiger partial charge in [0.05, 0.1) is 12.2 Å². The molecule has 182 valence electrons. The predicted octanol–water partition coefficient (Wildman–Crippen LogP) is 2.24. The summed E-state index contributed by atoms with van der Waals surface area (Å²) >= 11 is 0. The topological polar surface area (TPSA) is 120 Å². The smallest absolute Gasteiger partial charge is 0.262 e. The summed E-state index contributed by atoms with van der Waals surface area (Å²) in [5.74, 6) is 0.506. The Morgan fingerprint density at radius 3 is 2.70 bits per heavy atom. The first kappa shape index (κ1) is 24.8. The van der Waals surface area contributed by atoms with Crippen molar-refractivity contribution in [3.8, 4) is 5.75 Å². The van der Waals surface area contributed by atoms with E-state index >= 15 is 0 Å². The molecule has 1 aliphatic heterocycles. The van der Waals surface area contributed by atoms with Crippen LogP contribution in [0.5, 0.6) is 5.75 Å². The molecule has 1 aliphatic carbocycles. The van der Waals surface area contributed by atoms with Gasteiger partial charge in [0, 0.05) is 24.2 Å². The molecule has 1 unspecified atom stereocenters. The van der Waals surface area contributed by atoms with Crippen LogP contribution < -0.4 is 15.8 Å². The van der Waals surface area contributed by atoms with E-state index in [9.17, 15) is 14.7 Å². The maximum absolute atomic E-state index is 13.0. The second kappa shape index (κ2) is 11.4. The van der Waals surface area contributed by atoms with E-state index in [2.05, 4.69) is 10.3 Å². The number of carbonyl (C=O) groups excluding carboxylic acids is 2. The molecule has 0 saturated heterocycles. The fourth-order valence-corrected chi connectivity index (χ4v) is 4.43. The van der Waals surface area contributed by atoms with Gasteiger partial charge in [-0.25, -0.2) is 4.99 Å². The second-order valence-corrected chi connectivity index (χ2v) is 9.11. The summed E-state index contributed by atoms with van der Waals surface area (Å²) in [4.78, 5) is 32.8. The first-order valence-electron chi connectivity index (χ1n) is 11.9. The Labute approximate surface area is 196 Å². The number of fused-ring (bicyclic) bond motifs is 1. The Hall–Kier alpha value is -2.81. The van der Waals surface area contributed by atoms with Gasteiger partial charge in [0.15, 0.2) is 12.6 Å². The average molecular weight is 460 g/mol. The largest absolute Gasteiger partial charge is 0.484 e. The number of guanidine groups is 1. The Kier molecular flexibility index (Phi) is 8.55. The van der Waals surface area contributed by atoms with Gasteiger partial charge in [0.1, 0.15) is 12.0 Å². The Bertz CT molecular complexity index is 866. The van der Waals surface area contributed by atoms with E-state index in [-0.39, 0.29) is 37.0 Å². The summed E-state index contributed by atoms with van der Waals surface area (Å²) in [5, 5.41) is 13.3. The molecule has 9 heteroatoms. The molecule has 1 heterocycles. The number of nitrogens with two attached hydrogens (primary N) is 1. The van der Waals surface area contributed by atoms with Crippen LogP contribution in [0.1, 0.15) is 64.9 Å². The lowest BCUT2D eigenvalue weighted by atomic mass is 9.93. The van der Waals surface area contributed by atoms with E-state index in [0.29, 0.717) is 24.7 Å². The lowest BCUT2D eigenvalue weighted by Gasteiger charge is -2.37. The number of aliphatic hydroxyl groups excluding tert-OH is 1. The quantitative estimate of drug-likeness (QED) is 0.487. The summed E-state index contributed by atoms with van der Waals surface area (Å²) < 4.78 is 5.82. The van der Waals surface area contributed by atoms with E-state index in [1.165, 1.54) is 6.42 Å². The molecule has 4 N–H and O–H groups in total. The lowest BCUT2D eigenvalue weighted by molar-refractivity contribution is -0.149.